The fraction of sp³-hybridized carbons (Fsp3) is 0.167. The average Bonchev–Trinajstić information content (AvgIpc) is 2.94. The van der Waals surface area contributed by atoms with E-state index in [2.05, 4.69) is 23.0 Å². The number of rotatable bonds is 2. The smallest absolute Gasteiger partial charge is 0.203 e. The second-order valence-electron chi connectivity index (χ2n) is 4.03. The molecule has 4 nitrogen and oxygen atoms in total. The predicted molar refractivity (Wildman–Crippen MR) is 75.1 cm³/mol. The van der Waals surface area contributed by atoms with Crippen LogP contribution in [0.5, 0.6) is 0 Å². The number of nitrogens with zero attached hydrogens (tertiary/aromatic N) is 3. The highest BCUT2D eigenvalue weighted by Crippen LogP contribution is 2.29. The van der Waals surface area contributed by atoms with Gasteiger partial charge >= 0.3 is 0 Å². The van der Waals surface area contributed by atoms with Crippen molar-refractivity contribution in [2.45, 2.75) is 13.0 Å². The van der Waals surface area contributed by atoms with Gasteiger partial charge in [-0.1, -0.05) is 17.7 Å². The number of fused-ring (bicyclic) bond motifs is 1. The van der Waals surface area contributed by atoms with E-state index >= 15 is 0 Å². The Labute approximate surface area is 113 Å². The third kappa shape index (κ3) is 1.76. The number of imidazole rings is 1. The fourth-order valence-electron chi connectivity index (χ4n) is 2.01. The minimum Gasteiger partial charge on any atom is -0.369 e. The lowest BCUT2D eigenvalue weighted by Crippen LogP contribution is -2.09. The first-order valence-corrected chi connectivity index (χ1v) is 6.75. The second-order valence-corrected chi connectivity index (χ2v) is 5.44. The SMILES string of the molecule is CC(c1cccs1)n1c(N)nc2cc(Cl)cnc21. The van der Waals surface area contributed by atoms with Crippen LogP contribution in [0.15, 0.2) is 29.8 Å². The average molecular weight is 279 g/mol. The molecule has 0 aromatic carbocycles. The van der Waals surface area contributed by atoms with Crippen LogP contribution in [0.25, 0.3) is 11.2 Å². The Hall–Kier alpha value is -1.59. The van der Waals surface area contributed by atoms with Gasteiger partial charge in [-0.25, -0.2) is 9.97 Å². The summed E-state index contributed by atoms with van der Waals surface area (Å²) in [5.41, 5.74) is 7.47. The Morgan fingerprint density at radius 2 is 2.33 bits per heavy atom. The summed E-state index contributed by atoms with van der Waals surface area (Å²) in [5.74, 6) is 0.459. The van der Waals surface area contributed by atoms with Crippen LogP contribution in [0.4, 0.5) is 5.95 Å². The Morgan fingerprint density at radius 3 is 3.06 bits per heavy atom. The zero-order valence-electron chi connectivity index (χ0n) is 9.67. The highest BCUT2D eigenvalue weighted by Gasteiger charge is 2.17. The third-order valence-electron chi connectivity index (χ3n) is 2.87. The molecule has 0 bridgehead atoms. The van der Waals surface area contributed by atoms with Crippen molar-refractivity contribution in [3.8, 4) is 0 Å². The molecule has 0 saturated heterocycles. The standard InChI is InChI=1S/C12H11ClN4S/c1-7(10-3-2-4-18-10)17-11-9(16-12(17)14)5-8(13)6-15-11/h2-7H,1H3,(H2,14,16). The number of aromatic nitrogens is 3. The first kappa shape index (κ1) is 11.5. The number of thiophene rings is 1. The Bertz CT molecular complexity index is 689. The van der Waals surface area contributed by atoms with Crippen LogP contribution in [0, 0.1) is 0 Å². The largest absolute Gasteiger partial charge is 0.369 e. The van der Waals surface area contributed by atoms with E-state index in [0.717, 1.165) is 11.2 Å². The summed E-state index contributed by atoms with van der Waals surface area (Å²) in [6, 6.07) is 5.99. The molecule has 0 radical (unpaired) electrons. The minimum absolute atomic E-state index is 0.115. The molecule has 3 heterocycles. The first-order chi connectivity index (χ1) is 8.66. The number of nitrogen functional groups attached to an aromatic ring is 1. The number of halogens is 1. The van der Waals surface area contributed by atoms with E-state index in [1.165, 1.54) is 4.88 Å². The maximum atomic E-state index is 5.98. The summed E-state index contributed by atoms with van der Waals surface area (Å²) >= 11 is 7.60. The summed E-state index contributed by atoms with van der Waals surface area (Å²) in [6.45, 7) is 2.08. The van der Waals surface area contributed by atoms with Gasteiger partial charge in [0.05, 0.1) is 11.1 Å². The molecule has 0 aliphatic heterocycles. The molecule has 1 unspecified atom stereocenters. The van der Waals surface area contributed by atoms with Crippen LogP contribution in [0.3, 0.4) is 0 Å². The quantitative estimate of drug-likeness (QED) is 0.782. The highest BCUT2D eigenvalue weighted by atomic mass is 35.5. The molecule has 18 heavy (non-hydrogen) atoms. The van der Waals surface area contributed by atoms with E-state index < -0.39 is 0 Å². The Kier molecular flexibility index (Phi) is 2.72. The first-order valence-electron chi connectivity index (χ1n) is 5.49. The van der Waals surface area contributed by atoms with Gasteiger partial charge in [0, 0.05) is 11.1 Å². The molecule has 0 aliphatic carbocycles. The molecule has 0 fully saturated rings. The number of hydrogen-bond donors (Lipinski definition) is 1. The van der Waals surface area contributed by atoms with Gasteiger partial charge in [-0.3, -0.25) is 4.57 Å². The lowest BCUT2D eigenvalue weighted by atomic mass is 10.2. The maximum absolute atomic E-state index is 5.98. The predicted octanol–water partition coefficient (Wildman–Crippen LogP) is 3.34. The summed E-state index contributed by atoms with van der Waals surface area (Å²) in [5, 5.41) is 2.61. The van der Waals surface area contributed by atoms with Gasteiger partial charge in [0.2, 0.25) is 5.95 Å². The molecule has 6 heteroatoms. The molecule has 3 aromatic heterocycles. The van der Waals surface area contributed by atoms with Gasteiger partial charge in [-0.05, 0) is 24.4 Å². The lowest BCUT2D eigenvalue weighted by Gasteiger charge is -2.13. The fourth-order valence-corrected chi connectivity index (χ4v) is 2.94. The van der Waals surface area contributed by atoms with E-state index in [1.54, 1.807) is 23.6 Å². The van der Waals surface area contributed by atoms with Gasteiger partial charge in [0.25, 0.3) is 0 Å². The van der Waals surface area contributed by atoms with Crippen molar-refractivity contribution in [2.75, 3.05) is 5.73 Å². The molecule has 0 aliphatic rings. The minimum atomic E-state index is 0.115. The van der Waals surface area contributed by atoms with E-state index in [0.29, 0.717) is 11.0 Å². The molecule has 0 amide bonds. The van der Waals surface area contributed by atoms with E-state index in [1.807, 2.05) is 16.0 Å². The maximum Gasteiger partial charge on any atom is 0.203 e. The normalized spacial score (nSPS) is 13.0. The summed E-state index contributed by atoms with van der Waals surface area (Å²) in [6.07, 6.45) is 1.61. The molecular formula is C12H11ClN4S. The van der Waals surface area contributed by atoms with Gasteiger partial charge < -0.3 is 5.73 Å². The van der Waals surface area contributed by atoms with Gasteiger partial charge in [-0.15, -0.1) is 11.3 Å². The van der Waals surface area contributed by atoms with E-state index in [-0.39, 0.29) is 6.04 Å². The second kappa shape index (κ2) is 4.26. The van der Waals surface area contributed by atoms with Crippen molar-refractivity contribution < 1.29 is 0 Å². The lowest BCUT2D eigenvalue weighted by molar-refractivity contribution is 0.674. The zero-order valence-corrected chi connectivity index (χ0v) is 11.2. The summed E-state index contributed by atoms with van der Waals surface area (Å²) < 4.78 is 1.93. The van der Waals surface area contributed by atoms with Crippen LogP contribution in [-0.2, 0) is 0 Å². The number of anilines is 1. The number of pyridine rings is 1. The zero-order chi connectivity index (χ0) is 12.7. The Morgan fingerprint density at radius 1 is 1.50 bits per heavy atom. The molecule has 3 aromatic rings. The number of nitrogens with two attached hydrogens (primary N) is 1. The third-order valence-corrected chi connectivity index (χ3v) is 4.12. The molecular weight excluding hydrogens is 268 g/mol. The van der Waals surface area contributed by atoms with E-state index in [9.17, 15) is 0 Å². The highest BCUT2D eigenvalue weighted by molar-refractivity contribution is 7.10. The van der Waals surface area contributed by atoms with Crippen molar-refractivity contribution in [1.82, 2.24) is 14.5 Å². The molecule has 92 valence electrons. The van der Waals surface area contributed by atoms with Crippen LogP contribution in [0.2, 0.25) is 5.02 Å². The summed E-state index contributed by atoms with van der Waals surface area (Å²) in [4.78, 5) is 9.85. The van der Waals surface area contributed by atoms with Crippen molar-refractivity contribution in [3.05, 3.63) is 39.7 Å². The monoisotopic (exact) mass is 278 g/mol. The summed E-state index contributed by atoms with van der Waals surface area (Å²) in [7, 11) is 0. The van der Waals surface area contributed by atoms with Crippen molar-refractivity contribution in [2.24, 2.45) is 0 Å². The topological polar surface area (TPSA) is 56.7 Å². The molecule has 2 N–H and O–H groups in total. The molecule has 0 spiro atoms. The van der Waals surface area contributed by atoms with Crippen LogP contribution >= 0.6 is 22.9 Å². The van der Waals surface area contributed by atoms with Gasteiger partial charge in [-0.2, -0.15) is 0 Å². The van der Waals surface area contributed by atoms with Gasteiger partial charge in [0.1, 0.15) is 5.52 Å². The van der Waals surface area contributed by atoms with Crippen LogP contribution < -0.4 is 5.73 Å². The van der Waals surface area contributed by atoms with Crippen molar-refractivity contribution in [1.29, 1.82) is 0 Å². The molecule has 1 atom stereocenters. The van der Waals surface area contributed by atoms with Gasteiger partial charge in [0.15, 0.2) is 5.65 Å². The Balaban J connectivity index is 2.19. The van der Waals surface area contributed by atoms with Crippen molar-refractivity contribution >= 4 is 40.0 Å². The van der Waals surface area contributed by atoms with Crippen molar-refractivity contribution in [3.63, 3.8) is 0 Å². The van der Waals surface area contributed by atoms with E-state index in [4.69, 9.17) is 17.3 Å². The van der Waals surface area contributed by atoms with Crippen LogP contribution in [0.1, 0.15) is 17.8 Å². The number of hydrogen-bond acceptors (Lipinski definition) is 4. The molecule has 0 saturated carbocycles. The van der Waals surface area contributed by atoms with Crippen LogP contribution in [-0.4, -0.2) is 14.5 Å². The molecule has 3 rings (SSSR count).